The fourth-order valence-electron chi connectivity index (χ4n) is 3.23. The summed E-state index contributed by atoms with van der Waals surface area (Å²) in [4.78, 5) is 12.0. The van der Waals surface area contributed by atoms with Crippen LogP contribution in [0.1, 0.15) is 41.0 Å². The van der Waals surface area contributed by atoms with Gasteiger partial charge in [-0.25, -0.2) is 0 Å². The summed E-state index contributed by atoms with van der Waals surface area (Å²) in [6, 6.07) is 9.46. The van der Waals surface area contributed by atoms with E-state index in [-0.39, 0.29) is 11.3 Å². The van der Waals surface area contributed by atoms with Crippen molar-refractivity contribution in [2.75, 3.05) is 11.9 Å². The highest BCUT2D eigenvalue weighted by molar-refractivity contribution is 5.99. The fourth-order valence-corrected chi connectivity index (χ4v) is 3.23. The minimum Gasteiger partial charge on any atom is -0.388 e. The van der Waals surface area contributed by atoms with Gasteiger partial charge in [-0.2, -0.15) is 0 Å². The molecule has 0 unspecified atom stereocenters. The summed E-state index contributed by atoms with van der Waals surface area (Å²) >= 11 is 0. The zero-order valence-electron chi connectivity index (χ0n) is 17.7. The molecule has 1 aliphatic heterocycles. The number of rotatable bonds is 6. The molecule has 0 atom stereocenters. The number of carbonyl (C=O) groups excluding carboxylic acids is 1. The molecule has 0 aliphatic carbocycles. The van der Waals surface area contributed by atoms with Crippen LogP contribution in [0.4, 0.5) is 5.69 Å². The van der Waals surface area contributed by atoms with Crippen molar-refractivity contribution < 1.29 is 4.79 Å². The SMILES string of the molecule is CC1=C(/C=C/C(C)=C/C=C/C(C)=C/C(=O)Nc2ccccc2)C(C)(C)CCN1. The number of allylic oxidation sites excluding steroid dienone is 9. The minimum absolute atomic E-state index is 0.122. The summed E-state index contributed by atoms with van der Waals surface area (Å²) in [7, 11) is 0. The molecule has 1 aliphatic rings. The zero-order valence-corrected chi connectivity index (χ0v) is 17.7. The van der Waals surface area contributed by atoms with Gasteiger partial charge in [-0.3, -0.25) is 4.79 Å². The third-order valence-electron chi connectivity index (χ3n) is 4.90. The van der Waals surface area contributed by atoms with Crippen LogP contribution in [0.25, 0.3) is 0 Å². The molecule has 0 aromatic heterocycles. The van der Waals surface area contributed by atoms with Crippen LogP contribution < -0.4 is 10.6 Å². The van der Waals surface area contributed by atoms with E-state index < -0.39 is 0 Å². The molecule has 0 saturated carbocycles. The van der Waals surface area contributed by atoms with E-state index >= 15 is 0 Å². The van der Waals surface area contributed by atoms with Crippen molar-refractivity contribution in [1.29, 1.82) is 0 Å². The van der Waals surface area contributed by atoms with Crippen LogP contribution in [0.15, 0.2) is 89.2 Å². The molecule has 1 aromatic rings. The quantitative estimate of drug-likeness (QED) is 0.478. The Balaban J connectivity index is 1.96. The third kappa shape index (κ3) is 6.73. The lowest BCUT2D eigenvalue weighted by Crippen LogP contribution is -2.31. The van der Waals surface area contributed by atoms with Crippen LogP contribution in [-0.2, 0) is 4.79 Å². The predicted octanol–water partition coefficient (Wildman–Crippen LogP) is 5.92. The van der Waals surface area contributed by atoms with E-state index in [4.69, 9.17) is 0 Å². The van der Waals surface area contributed by atoms with Crippen molar-refractivity contribution in [2.45, 2.75) is 41.0 Å². The van der Waals surface area contributed by atoms with Gasteiger partial charge in [0, 0.05) is 24.0 Å². The molecule has 0 spiro atoms. The standard InChI is InChI=1S/C25H32N2O/c1-19(14-15-23-21(3)26-17-16-25(23,4)5)10-9-11-20(2)18-24(28)27-22-12-7-6-8-13-22/h6-15,18,26H,16-17H2,1-5H3,(H,27,28)/b11-9+,15-14+,19-10+,20-18+. The topological polar surface area (TPSA) is 41.1 Å². The van der Waals surface area contributed by atoms with Gasteiger partial charge in [0.05, 0.1) is 0 Å². The molecule has 2 rings (SSSR count). The van der Waals surface area contributed by atoms with Crippen LogP contribution in [0.2, 0.25) is 0 Å². The van der Waals surface area contributed by atoms with E-state index in [2.05, 4.69) is 56.6 Å². The van der Waals surface area contributed by atoms with Crippen molar-refractivity contribution in [3.8, 4) is 0 Å². The molecular formula is C25H32N2O. The Hall–Kier alpha value is -2.81. The van der Waals surface area contributed by atoms with Gasteiger partial charge in [-0.05, 0) is 55.9 Å². The third-order valence-corrected chi connectivity index (χ3v) is 4.90. The van der Waals surface area contributed by atoms with Crippen LogP contribution in [-0.4, -0.2) is 12.5 Å². The maximum Gasteiger partial charge on any atom is 0.248 e. The molecule has 2 N–H and O–H groups in total. The number of para-hydroxylation sites is 1. The molecule has 1 amide bonds. The Labute approximate surface area is 169 Å². The molecule has 1 aromatic carbocycles. The number of hydrogen-bond acceptors (Lipinski definition) is 2. The highest BCUT2D eigenvalue weighted by Crippen LogP contribution is 2.35. The molecule has 0 fully saturated rings. The minimum atomic E-state index is -0.122. The molecule has 148 valence electrons. The summed E-state index contributed by atoms with van der Waals surface area (Å²) < 4.78 is 0. The second-order valence-corrected chi connectivity index (χ2v) is 7.95. The van der Waals surface area contributed by atoms with Crippen LogP contribution in [0.3, 0.4) is 0 Å². The molecule has 0 saturated heterocycles. The molecule has 28 heavy (non-hydrogen) atoms. The normalized spacial score (nSPS) is 17.9. The average Bonchev–Trinajstić information content (AvgIpc) is 2.61. The van der Waals surface area contributed by atoms with Crippen molar-refractivity contribution in [1.82, 2.24) is 5.32 Å². The predicted molar refractivity (Wildman–Crippen MR) is 120 cm³/mol. The van der Waals surface area contributed by atoms with Crippen molar-refractivity contribution in [3.63, 3.8) is 0 Å². The van der Waals surface area contributed by atoms with Gasteiger partial charge in [0.2, 0.25) is 5.91 Å². The van der Waals surface area contributed by atoms with Gasteiger partial charge >= 0.3 is 0 Å². The number of carbonyl (C=O) groups is 1. The molecule has 1 heterocycles. The number of amides is 1. The van der Waals surface area contributed by atoms with Crippen LogP contribution in [0.5, 0.6) is 0 Å². The van der Waals surface area contributed by atoms with E-state index in [9.17, 15) is 4.79 Å². The summed E-state index contributed by atoms with van der Waals surface area (Å²) in [6.07, 6.45) is 13.1. The Morgan fingerprint density at radius 1 is 1.11 bits per heavy atom. The van der Waals surface area contributed by atoms with Crippen molar-refractivity contribution in [3.05, 3.63) is 89.2 Å². The molecule has 3 nitrogen and oxygen atoms in total. The van der Waals surface area contributed by atoms with Gasteiger partial charge in [-0.15, -0.1) is 0 Å². The Kier molecular flexibility index (Phi) is 7.62. The number of anilines is 1. The Morgan fingerprint density at radius 3 is 2.50 bits per heavy atom. The average molecular weight is 377 g/mol. The van der Waals surface area contributed by atoms with E-state index in [1.54, 1.807) is 6.08 Å². The maximum absolute atomic E-state index is 12.0. The smallest absolute Gasteiger partial charge is 0.248 e. The fraction of sp³-hybridized carbons (Fsp3) is 0.320. The van der Waals surface area contributed by atoms with Gasteiger partial charge in [0.15, 0.2) is 0 Å². The summed E-state index contributed by atoms with van der Waals surface area (Å²) in [5.74, 6) is -0.122. The summed E-state index contributed by atoms with van der Waals surface area (Å²) in [5, 5.41) is 6.31. The first-order valence-electron chi connectivity index (χ1n) is 9.80. The van der Waals surface area contributed by atoms with E-state index in [0.29, 0.717) is 0 Å². The highest BCUT2D eigenvalue weighted by atomic mass is 16.1. The van der Waals surface area contributed by atoms with Gasteiger partial charge in [0.1, 0.15) is 0 Å². The van der Waals surface area contributed by atoms with Gasteiger partial charge in [-0.1, -0.05) is 68.0 Å². The second-order valence-electron chi connectivity index (χ2n) is 7.95. The lowest BCUT2D eigenvalue weighted by molar-refractivity contribution is -0.111. The second kappa shape index (κ2) is 9.93. The number of nitrogens with one attached hydrogen (secondary N) is 2. The van der Waals surface area contributed by atoms with E-state index in [1.807, 2.05) is 49.4 Å². The molecule has 3 heteroatoms. The zero-order chi connectivity index (χ0) is 20.6. The molecular weight excluding hydrogens is 344 g/mol. The lowest BCUT2D eigenvalue weighted by Gasteiger charge is -2.33. The molecule has 0 bridgehead atoms. The first-order valence-corrected chi connectivity index (χ1v) is 9.80. The summed E-state index contributed by atoms with van der Waals surface area (Å²) in [5.41, 5.74) is 5.69. The first-order chi connectivity index (χ1) is 13.3. The highest BCUT2D eigenvalue weighted by Gasteiger charge is 2.26. The van der Waals surface area contributed by atoms with Crippen LogP contribution in [0, 0.1) is 5.41 Å². The first kappa shape index (κ1) is 21.5. The van der Waals surface area contributed by atoms with Crippen LogP contribution >= 0.6 is 0 Å². The van der Waals surface area contributed by atoms with E-state index in [0.717, 1.165) is 24.2 Å². The largest absolute Gasteiger partial charge is 0.388 e. The van der Waals surface area contributed by atoms with Gasteiger partial charge < -0.3 is 10.6 Å². The van der Waals surface area contributed by atoms with Crippen molar-refractivity contribution in [2.24, 2.45) is 5.41 Å². The molecule has 0 radical (unpaired) electrons. The van der Waals surface area contributed by atoms with Crippen molar-refractivity contribution >= 4 is 11.6 Å². The maximum atomic E-state index is 12.0. The number of benzene rings is 1. The number of hydrogen-bond donors (Lipinski definition) is 2. The lowest BCUT2D eigenvalue weighted by atomic mass is 9.77. The van der Waals surface area contributed by atoms with Gasteiger partial charge in [0.25, 0.3) is 0 Å². The Bertz CT molecular complexity index is 837. The Morgan fingerprint density at radius 2 is 1.82 bits per heavy atom. The van der Waals surface area contributed by atoms with E-state index in [1.165, 1.54) is 16.8 Å². The summed E-state index contributed by atoms with van der Waals surface area (Å²) in [6.45, 7) is 11.8. The monoisotopic (exact) mass is 376 g/mol.